The van der Waals surface area contributed by atoms with Crippen LogP contribution in [0.25, 0.3) is 0 Å². The minimum atomic E-state index is -4.26. The molecule has 0 aromatic heterocycles. The highest BCUT2D eigenvalue weighted by Crippen LogP contribution is 2.36. The molecule has 0 aliphatic carbocycles. The second-order valence-corrected chi connectivity index (χ2v) is 9.92. The van der Waals surface area contributed by atoms with Gasteiger partial charge in [-0.25, -0.2) is 22.0 Å². The second kappa shape index (κ2) is 8.72. The lowest BCUT2D eigenvalue weighted by Crippen LogP contribution is -2.38. The van der Waals surface area contributed by atoms with Crippen molar-refractivity contribution in [2.45, 2.75) is 29.2 Å². The summed E-state index contributed by atoms with van der Waals surface area (Å²) in [6.07, 6.45) is -1.03. The number of fused-ring (bicyclic) bond motifs is 1. The molecule has 1 aliphatic rings. The molecule has 0 saturated heterocycles. The molecule has 2 aromatic rings. The van der Waals surface area contributed by atoms with Gasteiger partial charge in [-0.15, -0.1) is 9.81 Å². The molecule has 31 heavy (non-hydrogen) atoms. The van der Waals surface area contributed by atoms with Gasteiger partial charge in [0.05, 0.1) is 10.7 Å². The highest BCUT2D eigenvalue weighted by molar-refractivity contribution is 7.90. The number of primary sulfonamides is 1. The lowest BCUT2D eigenvalue weighted by Gasteiger charge is -2.29. The largest absolute Gasteiger partial charge is 0.364 e. The zero-order chi connectivity index (χ0) is 22.8. The average molecular weight is 492 g/mol. The van der Waals surface area contributed by atoms with Crippen molar-refractivity contribution in [3.63, 3.8) is 0 Å². The van der Waals surface area contributed by atoms with E-state index in [4.69, 9.17) is 16.7 Å². The van der Waals surface area contributed by atoms with Crippen molar-refractivity contribution in [1.29, 1.82) is 0 Å². The molecule has 1 atom stereocenters. The van der Waals surface area contributed by atoms with Gasteiger partial charge in [0.25, 0.3) is 0 Å². The minimum Gasteiger partial charge on any atom is -0.364 e. The van der Waals surface area contributed by atoms with Crippen LogP contribution < -0.4 is 15.2 Å². The van der Waals surface area contributed by atoms with Crippen molar-refractivity contribution >= 4 is 37.3 Å². The highest BCUT2D eigenvalue weighted by Gasteiger charge is 2.33. The van der Waals surface area contributed by atoms with Crippen LogP contribution in [-0.2, 0) is 42.9 Å². The van der Waals surface area contributed by atoms with Crippen LogP contribution in [0.2, 0.25) is 5.02 Å². The van der Waals surface area contributed by atoms with Crippen LogP contribution >= 0.6 is 11.6 Å². The standard InChI is InChI=1S/C15H14ClN5O8S2/c16-11-4-12-14(5-13(11)30(17,24)25)31(26,27)19-15(18-12)10-2-8(6-28-20-22)1-9(3-10)7-29-21-23/h1-5,15,18-19H,6-7H2,(H2,17,24,25). The van der Waals surface area contributed by atoms with E-state index in [-0.39, 0.29) is 28.8 Å². The van der Waals surface area contributed by atoms with Crippen LogP contribution in [0.15, 0.2) is 50.8 Å². The van der Waals surface area contributed by atoms with E-state index >= 15 is 0 Å². The maximum atomic E-state index is 12.8. The van der Waals surface area contributed by atoms with Gasteiger partial charge in [-0.05, 0) is 47.0 Å². The zero-order valence-electron chi connectivity index (χ0n) is 15.3. The molecule has 3 rings (SSSR count). The summed E-state index contributed by atoms with van der Waals surface area (Å²) >= 11 is 5.97. The van der Waals surface area contributed by atoms with Crippen LogP contribution in [-0.4, -0.2) is 16.8 Å². The summed E-state index contributed by atoms with van der Waals surface area (Å²) in [7, 11) is -8.45. The fourth-order valence-corrected chi connectivity index (χ4v) is 5.46. The number of sulfonamides is 2. The summed E-state index contributed by atoms with van der Waals surface area (Å²) in [5.41, 5.74) is 1.24. The number of halogens is 1. The Kier molecular flexibility index (Phi) is 6.42. The first-order valence-electron chi connectivity index (χ1n) is 8.22. The van der Waals surface area contributed by atoms with Crippen LogP contribution in [0.4, 0.5) is 5.69 Å². The van der Waals surface area contributed by atoms with Crippen molar-refractivity contribution in [3.05, 3.63) is 61.9 Å². The molecule has 16 heteroatoms. The normalized spacial score (nSPS) is 17.2. The van der Waals surface area contributed by atoms with Gasteiger partial charge in [-0.1, -0.05) is 11.6 Å². The Balaban J connectivity index is 2.05. The Morgan fingerprint density at radius 2 is 1.61 bits per heavy atom. The number of hydrogen-bond acceptors (Lipinski definition) is 11. The van der Waals surface area contributed by atoms with Crippen molar-refractivity contribution < 1.29 is 26.5 Å². The first-order valence-corrected chi connectivity index (χ1v) is 11.6. The van der Waals surface area contributed by atoms with Crippen molar-refractivity contribution in [1.82, 2.24) is 4.72 Å². The maximum absolute atomic E-state index is 12.8. The van der Waals surface area contributed by atoms with E-state index in [1.54, 1.807) is 6.07 Å². The number of benzene rings is 2. The third-order valence-corrected chi connectivity index (χ3v) is 7.02. The quantitative estimate of drug-likeness (QED) is 0.364. The number of nitrogens with zero attached hydrogens (tertiary/aromatic N) is 2. The van der Waals surface area contributed by atoms with Gasteiger partial charge in [0.1, 0.15) is 29.2 Å². The number of nitrogens with two attached hydrogens (primary N) is 1. The monoisotopic (exact) mass is 491 g/mol. The van der Waals surface area contributed by atoms with E-state index in [9.17, 15) is 26.6 Å². The van der Waals surface area contributed by atoms with E-state index in [0.29, 0.717) is 16.7 Å². The van der Waals surface area contributed by atoms with Crippen molar-refractivity contribution in [3.8, 4) is 0 Å². The van der Waals surface area contributed by atoms with E-state index in [0.717, 1.165) is 12.1 Å². The van der Waals surface area contributed by atoms with Gasteiger partial charge in [0.15, 0.2) is 10.7 Å². The molecule has 0 amide bonds. The molecule has 2 aromatic carbocycles. The van der Waals surface area contributed by atoms with Gasteiger partial charge >= 0.3 is 0 Å². The summed E-state index contributed by atoms with van der Waals surface area (Å²) < 4.78 is 51.2. The Bertz CT molecular complexity index is 1220. The van der Waals surface area contributed by atoms with Crippen molar-refractivity contribution in [2.75, 3.05) is 5.32 Å². The number of hydrogen-bond donors (Lipinski definition) is 3. The summed E-state index contributed by atoms with van der Waals surface area (Å²) in [6.45, 7) is -0.447. The summed E-state index contributed by atoms with van der Waals surface area (Å²) in [5.74, 6) is 0. The SMILES string of the molecule is NS(=O)(=O)c1cc2c(cc1Cl)NC(c1cc(CON=O)cc(CON=O)c1)NS2(=O)=O. The minimum absolute atomic E-state index is 0.0321. The number of rotatable bonds is 8. The van der Waals surface area contributed by atoms with Crippen molar-refractivity contribution in [2.24, 2.45) is 15.8 Å². The van der Waals surface area contributed by atoms with Gasteiger partial charge in [0, 0.05) is 0 Å². The molecule has 13 nitrogen and oxygen atoms in total. The Hall–Kier alpha value is -2.85. The lowest BCUT2D eigenvalue weighted by atomic mass is 10.0. The molecule has 0 fully saturated rings. The van der Waals surface area contributed by atoms with Gasteiger partial charge in [-0.3, -0.25) is 0 Å². The zero-order valence-corrected chi connectivity index (χ0v) is 17.7. The van der Waals surface area contributed by atoms with Gasteiger partial charge < -0.3 is 15.0 Å². The molecule has 166 valence electrons. The fraction of sp³-hybridized carbons (Fsp3) is 0.200. The lowest BCUT2D eigenvalue weighted by molar-refractivity contribution is 0.121. The Morgan fingerprint density at radius 1 is 1.03 bits per heavy atom. The first-order chi connectivity index (χ1) is 14.5. The van der Waals surface area contributed by atoms with E-state index in [1.807, 2.05) is 0 Å². The molecule has 1 heterocycles. The summed E-state index contributed by atoms with van der Waals surface area (Å²) in [4.78, 5) is 28.6. The van der Waals surface area contributed by atoms with Crippen LogP contribution in [0.1, 0.15) is 22.9 Å². The molecule has 0 bridgehead atoms. The van der Waals surface area contributed by atoms with Gasteiger partial charge in [-0.2, -0.15) is 4.72 Å². The molecule has 1 unspecified atom stereocenters. The molecular formula is C15H14ClN5O8S2. The smallest absolute Gasteiger partial charge is 0.244 e. The van der Waals surface area contributed by atoms with Crippen LogP contribution in [0.5, 0.6) is 0 Å². The van der Waals surface area contributed by atoms with E-state index in [2.05, 4.69) is 30.4 Å². The van der Waals surface area contributed by atoms with E-state index in [1.165, 1.54) is 12.1 Å². The second-order valence-electron chi connectivity index (χ2n) is 6.30. The van der Waals surface area contributed by atoms with Crippen LogP contribution in [0.3, 0.4) is 0 Å². The topological polar surface area (TPSA) is 196 Å². The number of anilines is 1. The summed E-state index contributed by atoms with van der Waals surface area (Å²) in [5, 5.41) is 12.3. The molecule has 0 saturated carbocycles. The molecule has 1 aliphatic heterocycles. The molecule has 0 radical (unpaired) electrons. The predicted molar refractivity (Wildman–Crippen MR) is 107 cm³/mol. The molecular weight excluding hydrogens is 478 g/mol. The third kappa shape index (κ3) is 5.08. The summed E-state index contributed by atoms with van der Waals surface area (Å²) in [6, 6.07) is 6.57. The average Bonchev–Trinajstić information content (AvgIpc) is 2.68. The fourth-order valence-electron chi connectivity index (χ4n) is 2.97. The Morgan fingerprint density at radius 3 is 2.13 bits per heavy atom. The highest BCUT2D eigenvalue weighted by atomic mass is 35.5. The molecule has 4 N–H and O–H groups in total. The Labute approximate surface area is 180 Å². The third-order valence-electron chi connectivity index (χ3n) is 4.18. The van der Waals surface area contributed by atoms with Gasteiger partial charge in [0.2, 0.25) is 20.0 Å². The van der Waals surface area contributed by atoms with E-state index < -0.39 is 31.1 Å². The first kappa shape index (κ1) is 22.8. The number of nitrogens with one attached hydrogen (secondary N) is 2. The van der Waals surface area contributed by atoms with Crippen LogP contribution in [0, 0.1) is 9.81 Å². The predicted octanol–water partition coefficient (Wildman–Crippen LogP) is 1.79. The maximum Gasteiger partial charge on any atom is 0.244 e. The molecule has 0 spiro atoms.